The maximum Gasteiger partial charge on any atom is 0.416 e. The molecular formula is C22H22F3N3O2. The van der Waals surface area contributed by atoms with E-state index in [9.17, 15) is 18.0 Å². The van der Waals surface area contributed by atoms with Gasteiger partial charge in [-0.1, -0.05) is 0 Å². The minimum atomic E-state index is -4.36. The van der Waals surface area contributed by atoms with Gasteiger partial charge in [0.25, 0.3) is 5.91 Å². The van der Waals surface area contributed by atoms with Gasteiger partial charge in [-0.25, -0.2) is 0 Å². The SMILES string of the molecule is CC(C)Oc1ccc(C#N)cc1C(=O)N1CCN(c2ccc(C(F)(F)F)cc2)CC1. The van der Waals surface area contributed by atoms with Gasteiger partial charge < -0.3 is 14.5 Å². The van der Waals surface area contributed by atoms with Crippen LogP contribution >= 0.6 is 0 Å². The second-order valence-electron chi connectivity index (χ2n) is 7.31. The second kappa shape index (κ2) is 8.66. The molecule has 0 unspecified atom stereocenters. The van der Waals surface area contributed by atoms with Crippen LogP contribution < -0.4 is 9.64 Å². The Hall–Kier alpha value is -3.21. The molecular weight excluding hydrogens is 395 g/mol. The van der Waals surface area contributed by atoms with E-state index in [0.717, 1.165) is 12.1 Å². The number of halogens is 3. The summed E-state index contributed by atoms with van der Waals surface area (Å²) in [4.78, 5) is 16.7. The highest BCUT2D eigenvalue weighted by molar-refractivity contribution is 5.97. The molecule has 30 heavy (non-hydrogen) atoms. The van der Waals surface area contributed by atoms with Crippen LogP contribution in [0.15, 0.2) is 42.5 Å². The van der Waals surface area contributed by atoms with Crippen LogP contribution in [0.3, 0.4) is 0 Å². The van der Waals surface area contributed by atoms with E-state index in [1.165, 1.54) is 18.2 Å². The molecule has 8 heteroatoms. The number of piperazine rings is 1. The van der Waals surface area contributed by atoms with Crippen molar-refractivity contribution in [3.05, 3.63) is 59.2 Å². The summed E-state index contributed by atoms with van der Waals surface area (Å²) < 4.78 is 43.9. The van der Waals surface area contributed by atoms with Crippen LogP contribution in [-0.4, -0.2) is 43.1 Å². The zero-order valence-corrected chi connectivity index (χ0v) is 16.7. The molecule has 0 radical (unpaired) electrons. The normalized spacial score (nSPS) is 14.6. The predicted molar refractivity (Wildman–Crippen MR) is 106 cm³/mol. The van der Waals surface area contributed by atoms with Gasteiger partial charge in [-0.3, -0.25) is 4.79 Å². The van der Waals surface area contributed by atoms with Crippen molar-refractivity contribution in [2.45, 2.75) is 26.1 Å². The minimum Gasteiger partial charge on any atom is -0.490 e. The Labute approximate surface area is 173 Å². The Morgan fingerprint density at radius 3 is 2.23 bits per heavy atom. The van der Waals surface area contributed by atoms with Crippen LogP contribution in [0.2, 0.25) is 0 Å². The number of benzene rings is 2. The van der Waals surface area contributed by atoms with Crippen molar-refractivity contribution >= 4 is 11.6 Å². The fourth-order valence-corrected chi connectivity index (χ4v) is 3.32. The summed E-state index contributed by atoms with van der Waals surface area (Å²) in [6.07, 6.45) is -4.49. The highest BCUT2D eigenvalue weighted by Gasteiger charge is 2.30. The predicted octanol–water partition coefficient (Wildman–Crippen LogP) is 4.33. The number of carbonyl (C=O) groups is 1. The lowest BCUT2D eigenvalue weighted by molar-refractivity contribution is -0.137. The zero-order chi connectivity index (χ0) is 21.9. The molecule has 0 N–H and O–H groups in total. The van der Waals surface area contributed by atoms with Gasteiger partial charge in [-0.05, 0) is 56.3 Å². The van der Waals surface area contributed by atoms with Crippen LogP contribution in [0.25, 0.3) is 0 Å². The zero-order valence-electron chi connectivity index (χ0n) is 16.7. The van der Waals surface area contributed by atoms with E-state index in [4.69, 9.17) is 10.00 Å². The number of anilines is 1. The van der Waals surface area contributed by atoms with Gasteiger partial charge in [0.15, 0.2) is 0 Å². The third kappa shape index (κ3) is 4.85. The largest absolute Gasteiger partial charge is 0.490 e. The third-order valence-electron chi connectivity index (χ3n) is 4.83. The van der Waals surface area contributed by atoms with E-state index in [2.05, 4.69) is 0 Å². The summed E-state index contributed by atoms with van der Waals surface area (Å²) in [6.45, 7) is 5.53. The number of nitriles is 1. The summed E-state index contributed by atoms with van der Waals surface area (Å²) in [5, 5.41) is 9.16. The molecule has 0 spiro atoms. The first-order valence-electron chi connectivity index (χ1n) is 9.61. The molecule has 1 saturated heterocycles. The maximum absolute atomic E-state index is 13.1. The first-order valence-corrected chi connectivity index (χ1v) is 9.61. The summed E-state index contributed by atoms with van der Waals surface area (Å²) in [7, 11) is 0. The van der Waals surface area contributed by atoms with Crippen LogP contribution in [0.5, 0.6) is 5.75 Å². The van der Waals surface area contributed by atoms with Crippen LogP contribution in [0, 0.1) is 11.3 Å². The fraction of sp³-hybridized carbons (Fsp3) is 0.364. The molecule has 1 aliphatic heterocycles. The molecule has 0 bridgehead atoms. The maximum atomic E-state index is 13.1. The van der Waals surface area contributed by atoms with E-state index < -0.39 is 11.7 Å². The molecule has 1 heterocycles. The molecule has 0 aliphatic carbocycles. The number of carbonyl (C=O) groups excluding carboxylic acids is 1. The third-order valence-corrected chi connectivity index (χ3v) is 4.83. The van der Waals surface area contributed by atoms with E-state index in [1.54, 1.807) is 17.0 Å². The Morgan fingerprint density at radius 1 is 1.07 bits per heavy atom. The smallest absolute Gasteiger partial charge is 0.416 e. The van der Waals surface area contributed by atoms with Crippen LogP contribution in [0.4, 0.5) is 18.9 Å². The lowest BCUT2D eigenvalue weighted by atomic mass is 10.1. The number of hydrogen-bond donors (Lipinski definition) is 0. The average molecular weight is 417 g/mol. The molecule has 3 rings (SSSR count). The van der Waals surface area contributed by atoms with Gasteiger partial charge in [0, 0.05) is 31.9 Å². The molecule has 0 aromatic heterocycles. The Balaban J connectivity index is 1.71. The molecule has 1 aliphatic rings. The number of ether oxygens (including phenoxy) is 1. The standard InChI is InChI=1S/C22H22F3N3O2/c1-15(2)30-20-8-3-16(14-26)13-19(20)21(29)28-11-9-27(10-12-28)18-6-4-17(5-7-18)22(23,24)25/h3-8,13,15H,9-12H2,1-2H3. The molecule has 1 fully saturated rings. The minimum absolute atomic E-state index is 0.124. The van der Waals surface area contributed by atoms with Crippen LogP contribution in [0.1, 0.15) is 35.3 Å². The molecule has 5 nitrogen and oxygen atoms in total. The first kappa shape index (κ1) is 21.5. The van der Waals surface area contributed by atoms with Crippen molar-refractivity contribution in [1.29, 1.82) is 5.26 Å². The van der Waals surface area contributed by atoms with Gasteiger partial charge in [0.2, 0.25) is 0 Å². The van der Waals surface area contributed by atoms with Crippen molar-refractivity contribution in [3.63, 3.8) is 0 Å². The summed E-state index contributed by atoms with van der Waals surface area (Å²) in [6, 6.07) is 11.8. The molecule has 2 aromatic rings. The summed E-state index contributed by atoms with van der Waals surface area (Å²) in [5.74, 6) is 0.203. The highest BCUT2D eigenvalue weighted by Crippen LogP contribution is 2.31. The van der Waals surface area contributed by atoms with Gasteiger partial charge in [0.1, 0.15) is 5.75 Å². The number of rotatable bonds is 4. The first-order chi connectivity index (χ1) is 14.2. The molecule has 0 saturated carbocycles. The Bertz CT molecular complexity index is 942. The van der Waals surface area contributed by atoms with Crippen LogP contribution in [-0.2, 0) is 6.18 Å². The van der Waals surface area contributed by atoms with Crippen molar-refractivity contribution < 1.29 is 22.7 Å². The topological polar surface area (TPSA) is 56.6 Å². The van der Waals surface area contributed by atoms with E-state index >= 15 is 0 Å². The van der Waals surface area contributed by atoms with Crippen molar-refractivity contribution in [2.75, 3.05) is 31.1 Å². The lowest BCUT2D eigenvalue weighted by Crippen LogP contribution is -2.48. The summed E-state index contributed by atoms with van der Waals surface area (Å²) >= 11 is 0. The number of alkyl halides is 3. The molecule has 1 amide bonds. The summed E-state index contributed by atoms with van der Waals surface area (Å²) in [5.41, 5.74) is 0.712. The Kier molecular flexibility index (Phi) is 6.20. The second-order valence-corrected chi connectivity index (χ2v) is 7.31. The van der Waals surface area contributed by atoms with Crippen molar-refractivity contribution in [3.8, 4) is 11.8 Å². The monoisotopic (exact) mass is 417 g/mol. The van der Waals surface area contributed by atoms with E-state index in [-0.39, 0.29) is 12.0 Å². The molecule has 2 aromatic carbocycles. The van der Waals surface area contributed by atoms with Gasteiger partial charge in [-0.15, -0.1) is 0 Å². The molecule has 158 valence electrons. The number of nitrogens with zero attached hydrogens (tertiary/aromatic N) is 3. The van der Waals surface area contributed by atoms with Crippen molar-refractivity contribution in [1.82, 2.24) is 4.90 Å². The van der Waals surface area contributed by atoms with Gasteiger partial charge >= 0.3 is 6.18 Å². The van der Waals surface area contributed by atoms with Crippen molar-refractivity contribution in [2.24, 2.45) is 0 Å². The quantitative estimate of drug-likeness (QED) is 0.743. The highest BCUT2D eigenvalue weighted by atomic mass is 19.4. The van der Waals surface area contributed by atoms with Gasteiger partial charge in [-0.2, -0.15) is 18.4 Å². The van der Waals surface area contributed by atoms with Gasteiger partial charge in [0.05, 0.1) is 28.9 Å². The lowest BCUT2D eigenvalue weighted by Gasteiger charge is -2.36. The average Bonchev–Trinajstić information content (AvgIpc) is 2.73. The number of hydrogen-bond acceptors (Lipinski definition) is 4. The fourth-order valence-electron chi connectivity index (χ4n) is 3.32. The van der Waals surface area contributed by atoms with E-state index in [0.29, 0.717) is 48.7 Å². The Morgan fingerprint density at radius 2 is 1.70 bits per heavy atom. The molecule has 0 atom stereocenters. The van der Waals surface area contributed by atoms with E-state index in [1.807, 2.05) is 24.8 Å². The number of amides is 1.